The van der Waals surface area contributed by atoms with Gasteiger partial charge in [0.15, 0.2) is 0 Å². The largest absolute Gasteiger partial charge is 0.478 e. The molecule has 7 heteroatoms. The third kappa shape index (κ3) is 5.48. The van der Waals surface area contributed by atoms with Gasteiger partial charge >= 0.3 is 5.97 Å². The van der Waals surface area contributed by atoms with Gasteiger partial charge in [0, 0.05) is 31.1 Å². The summed E-state index contributed by atoms with van der Waals surface area (Å²) in [6.07, 6.45) is 1.37. The van der Waals surface area contributed by atoms with Crippen molar-refractivity contribution in [3.63, 3.8) is 0 Å². The average Bonchev–Trinajstić information content (AvgIpc) is 3.81. The molecule has 41 heavy (non-hydrogen) atoms. The van der Waals surface area contributed by atoms with Crippen LogP contribution >= 0.6 is 0 Å². The SMILES string of the molecule is O=C(O)c1cccc(-c2ccc(CNC(=O)[C@@H]3C[C@@H]3c3ccccc3)c3c2CCN(C(=O)c2cccc(F)c2)C3)c1. The minimum Gasteiger partial charge on any atom is -0.478 e. The zero-order valence-corrected chi connectivity index (χ0v) is 22.3. The van der Waals surface area contributed by atoms with Gasteiger partial charge in [0.2, 0.25) is 5.91 Å². The van der Waals surface area contributed by atoms with Gasteiger partial charge in [0.1, 0.15) is 5.82 Å². The van der Waals surface area contributed by atoms with Gasteiger partial charge in [-0.3, -0.25) is 9.59 Å². The van der Waals surface area contributed by atoms with Crippen molar-refractivity contribution in [1.29, 1.82) is 0 Å². The number of carboxylic acids is 1. The standard InChI is InChI=1S/C34H29FN2O4/c35-26-11-5-9-23(17-26)33(39)37-15-14-28-27(22-8-4-10-24(16-22)34(40)41)13-12-25(31(28)20-37)19-36-32(38)30-18-29(30)21-6-2-1-3-7-21/h1-13,16-17,29-30H,14-15,18-20H2,(H,36,38)(H,40,41)/t29-,30-/m1/s1. The van der Waals surface area contributed by atoms with Gasteiger partial charge in [0.25, 0.3) is 5.91 Å². The van der Waals surface area contributed by atoms with Crippen LogP contribution in [0.3, 0.4) is 0 Å². The Bertz CT molecular complexity index is 1650. The number of amides is 2. The molecule has 4 aromatic carbocycles. The van der Waals surface area contributed by atoms with Crippen molar-refractivity contribution in [3.8, 4) is 11.1 Å². The first-order valence-electron chi connectivity index (χ1n) is 13.7. The lowest BCUT2D eigenvalue weighted by Gasteiger charge is -2.32. The lowest BCUT2D eigenvalue weighted by atomic mass is 9.87. The smallest absolute Gasteiger partial charge is 0.335 e. The molecule has 0 saturated heterocycles. The fourth-order valence-corrected chi connectivity index (χ4v) is 5.84. The number of rotatable bonds is 7. The predicted octanol–water partition coefficient (Wildman–Crippen LogP) is 5.81. The molecule has 1 aliphatic heterocycles. The van der Waals surface area contributed by atoms with Crippen molar-refractivity contribution in [2.75, 3.05) is 6.54 Å². The first kappa shape index (κ1) is 26.4. The van der Waals surface area contributed by atoms with E-state index in [9.17, 15) is 23.9 Å². The molecule has 2 aliphatic rings. The predicted molar refractivity (Wildman–Crippen MR) is 153 cm³/mol. The van der Waals surface area contributed by atoms with Crippen LogP contribution in [0.5, 0.6) is 0 Å². The van der Waals surface area contributed by atoms with Gasteiger partial charge in [-0.25, -0.2) is 9.18 Å². The van der Waals surface area contributed by atoms with Crippen LogP contribution in [0, 0.1) is 11.7 Å². The van der Waals surface area contributed by atoms with Crippen LogP contribution < -0.4 is 5.32 Å². The van der Waals surface area contributed by atoms with Crippen molar-refractivity contribution in [2.45, 2.75) is 31.8 Å². The van der Waals surface area contributed by atoms with Gasteiger partial charge in [-0.15, -0.1) is 0 Å². The van der Waals surface area contributed by atoms with Crippen LogP contribution in [0.15, 0.2) is 91.0 Å². The highest BCUT2D eigenvalue weighted by Gasteiger charge is 2.43. The Morgan fingerprint density at radius 2 is 1.66 bits per heavy atom. The Kier molecular flexibility index (Phi) is 7.10. The number of carbonyl (C=O) groups excluding carboxylic acids is 2. The molecular weight excluding hydrogens is 519 g/mol. The van der Waals surface area contributed by atoms with E-state index in [1.807, 2.05) is 36.4 Å². The zero-order chi connectivity index (χ0) is 28.5. The molecule has 1 heterocycles. The monoisotopic (exact) mass is 548 g/mol. The molecule has 206 valence electrons. The molecule has 2 N–H and O–H groups in total. The van der Waals surface area contributed by atoms with E-state index in [0.29, 0.717) is 26.1 Å². The molecule has 6 nitrogen and oxygen atoms in total. The molecule has 1 saturated carbocycles. The van der Waals surface area contributed by atoms with Crippen LogP contribution in [-0.4, -0.2) is 34.3 Å². The van der Waals surface area contributed by atoms with E-state index >= 15 is 0 Å². The van der Waals surface area contributed by atoms with E-state index in [4.69, 9.17) is 0 Å². The van der Waals surface area contributed by atoms with Gasteiger partial charge in [-0.1, -0.05) is 60.7 Å². The van der Waals surface area contributed by atoms with Crippen molar-refractivity contribution in [2.24, 2.45) is 5.92 Å². The van der Waals surface area contributed by atoms with E-state index < -0.39 is 11.8 Å². The van der Waals surface area contributed by atoms with E-state index in [-0.39, 0.29) is 34.8 Å². The maximum absolute atomic E-state index is 13.9. The van der Waals surface area contributed by atoms with Crippen LogP contribution in [0.1, 0.15) is 55.3 Å². The summed E-state index contributed by atoms with van der Waals surface area (Å²) in [5.41, 5.74) is 6.20. The Balaban J connectivity index is 1.28. The number of carbonyl (C=O) groups is 3. The summed E-state index contributed by atoms with van der Waals surface area (Å²) in [6, 6.07) is 26.4. The van der Waals surface area contributed by atoms with Crippen LogP contribution in [0.2, 0.25) is 0 Å². The summed E-state index contributed by atoms with van der Waals surface area (Å²) in [7, 11) is 0. The third-order valence-electron chi connectivity index (χ3n) is 8.10. The van der Waals surface area contributed by atoms with Crippen molar-refractivity contribution in [1.82, 2.24) is 10.2 Å². The van der Waals surface area contributed by atoms with Crippen LogP contribution in [0.25, 0.3) is 11.1 Å². The average molecular weight is 549 g/mol. The fraction of sp³-hybridized carbons (Fsp3) is 0.206. The quantitative estimate of drug-likeness (QED) is 0.305. The first-order valence-corrected chi connectivity index (χ1v) is 13.7. The van der Waals surface area contributed by atoms with E-state index in [1.165, 1.54) is 23.8 Å². The summed E-state index contributed by atoms with van der Waals surface area (Å²) in [4.78, 5) is 39.7. The summed E-state index contributed by atoms with van der Waals surface area (Å²) in [5.74, 6) is -1.54. The number of benzene rings is 4. The first-order chi connectivity index (χ1) is 19.9. The number of hydrogen-bond acceptors (Lipinski definition) is 3. The topological polar surface area (TPSA) is 86.7 Å². The molecule has 0 unspecified atom stereocenters. The summed E-state index contributed by atoms with van der Waals surface area (Å²) < 4.78 is 13.9. The number of carboxylic acid groups (broad SMARTS) is 1. The molecule has 0 bridgehead atoms. The summed E-state index contributed by atoms with van der Waals surface area (Å²) in [6.45, 7) is 1.06. The number of halogens is 1. The lowest BCUT2D eigenvalue weighted by molar-refractivity contribution is -0.122. The summed E-state index contributed by atoms with van der Waals surface area (Å²) >= 11 is 0. The van der Waals surface area contributed by atoms with Gasteiger partial charge in [-0.05, 0) is 82.5 Å². The number of nitrogens with one attached hydrogen (secondary N) is 1. The minimum absolute atomic E-state index is 0.00865. The third-order valence-corrected chi connectivity index (χ3v) is 8.10. The van der Waals surface area contributed by atoms with E-state index in [1.54, 1.807) is 29.2 Å². The Hall–Kier alpha value is -4.78. The van der Waals surface area contributed by atoms with Gasteiger partial charge in [0.05, 0.1) is 5.56 Å². The second kappa shape index (κ2) is 11.0. The highest BCUT2D eigenvalue weighted by Crippen LogP contribution is 2.47. The van der Waals surface area contributed by atoms with Crippen molar-refractivity contribution >= 4 is 17.8 Å². The second-order valence-electron chi connectivity index (χ2n) is 10.7. The number of nitrogens with zero attached hydrogens (tertiary/aromatic N) is 1. The molecule has 0 radical (unpaired) electrons. The summed E-state index contributed by atoms with van der Waals surface area (Å²) in [5, 5.41) is 12.6. The molecule has 1 fully saturated rings. The van der Waals surface area contributed by atoms with Crippen molar-refractivity contribution in [3.05, 3.63) is 130 Å². The zero-order valence-electron chi connectivity index (χ0n) is 22.3. The lowest BCUT2D eigenvalue weighted by Crippen LogP contribution is -2.37. The van der Waals surface area contributed by atoms with Gasteiger partial charge < -0.3 is 15.3 Å². The molecule has 2 atom stereocenters. The van der Waals surface area contributed by atoms with E-state index in [0.717, 1.165) is 34.2 Å². The number of aromatic carboxylic acids is 1. The molecular formula is C34H29FN2O4. The molecule has 0 spiro atoms. The van der Waals surface area contributed by atoms with Crippen LogP contribution in [-0.2, 0) is 24.3 Å². The molecule has 2 amide bonds. The maximum Gasteiger partial charge on any atom is 0.335 e. The van der Waals surface area contributed by atoms with Crippen molar-refractivity contribution < 1.29 is 23.9 Å². The number of hydrogen-bond donors (Lipinski definition) is 2. The van der Waals surface area contributed by atoms with Gasteiger partial charge in [-0.2, -0.15) is 0 Å². The Morgan fingerprint density at radius 1 is 0.878 bits per heavy atom. The minimum atomic E-state index is -0.999. The maximum atomic E-state index is 13.9. The highest BCUT2D eigenvalue weighted by molar-refractivity contribution is 5.94. The molecule has 6 rings (SSSR count). The molecule has 1 aliphatic carbocycles. The Labute approximate surface area is 237 Å². The number of fused-ring (bicyclic) bond motifs is 1. The highest BCUT2D eigenvalue weighted by atomic mass is 19.1. The molecule has 0 aromatic heterocycles. The second-order valence-corrected chi connectivity index (χ2v) is 10.7. The fourth-order valence-electron chi connectivity index (χ4n) is 5.84. The van der Waals surface area contributed by atoms with E-state index in [2.05, 4.69) is 17.4 Å². The van der Waals surface area contributed by atoms with Crippen LogP contribution in [0.4, 0.5) is 4.39 Å². The molecule has 4 aromatic rings. The normalized spacial score (nSPS) is 17.4. The Morgan fingerprint density at radius 3 is 2.44 bits per heavy atom.